The SMILES string of the molecule is COC(=O)c1cn(C(=O)CCc2ccc(OC)c(OC)c2)c2ccccc12. The Morgan fingerprint density at radius 3 is 2.41 bits per heavy atom. The van der Waals surface area contributed by atoms with Crippen LogP contribution in [0.15, 0.2) is 48.7 Å². The van der Waals surface area contributed by atoms with Gasteiger partial charge in [0.15, 0.2) is 11.5 Å². The maximum Gasteiger partial charge on any atom is 0.340 e. The standard InChI is InChI=1S/C21H21NO5/c1-25-18-10-8-14(12-19(18)26-2)9-11-20(23)22-13-16(21(24)27-3)15-6-4-5-7-17(15)22/h4-8,10,12-13H,9,11H2,1-3H3. The zero-order valence-corrected chi connectivity index (χ0v) is 15.5. The van der Waals surface area contributed by atoms with Crippen LogP contribution in [0.25, 0.3) is 10.9 Å². The summed E-state index contributed by atoms with van der Waals surface area (Å²) in [7, 11) is 4.48. The van der Waals surface area contributed by atoms with Crippen molar-refractivity contribution in [3.05, 3.63) is 59.8 Å². The van der Waals surface area contributed by atoms with Crippen LogP contribution in [0.4, 0.5) is 0 Å². The molecule has 0 aliphatic carbocycles. The quantitative estimate of drug-likeness (QED) is 0.621. The number of esters is 1. The molecule has 0 spiro atoms. The van der Waals surface area contributed by atoms with Gasteiger partial charge in [-0.15, -0.1) is 0 Å². The smallest absolute Gasteiger partial charge is 0.340 e. The highest BCUT2D eigenvalue weighted by Crippen LogP contribution is 2.28. The van der Waals surface area contributed by atoms with Crippen molar-refractivity contribution >= 4 is 22.8 Å². The predicted octanol–water partition coefficient (Wildman–Crippen LogP) is 3.72. The zero-order valence-electron chi connectivity index (χ0n) is 15.5. The molecule has 3 aromatic rings. The largest absolute Gasteiger partial charge is 0.493 e. The summed E-state index contributed by atoms with van der Waals surface area (Å²) >= 11 is 0. The third kappa shape index (κ3) is 3.65. The van der Waals surface area contributed by atoms with E-state index < -0.39 is 5.97 Å². The average molecular weight is 367 g/mol. The van der Waals surface area contributed by atoms with Gasteiger partial charge in [-0.1, -0.05) is 24.3 Å². The molecule has 0 unspecified atom stereocenters. The summed E-state index contributed by atoms with van der Waals surface area (Å²) < 4.78 is 16.9. The molecule has 140 valence electrons. The average Bonchev–Trinajstić information content (AvgIpc) is 3.11. The minimum atomic E-state index is -0.461. The van der Waals surface area contributed by atoms with E-state index in [1.807, 2.05) is 36.4 Å². The van der Waals surface area contributed by atoms with Gasteiger partial charge >= 0.3 is 5.97 Å². The highest BCUT2D eigenvalue weighted by Gasteiger charge is 2.18. The van der Waals surface area contributed by atoms with Crippen LogP contribution < -0.4 is 9.47 Å². The number of rotatable bonds is 6. The van der Waals surface area contributed by atoms with E-state index in [9.17, 15) is 9.59 Å². The first kappa shape index (κ1) is 18.5. The van der Waals surface area contributed by atoms with Gasteiger partial charge in [-0.25, -0.2) is 4.79 Å². The van der Waals surface area contributed by atoms with E-state index in [4.69, 9.17) is 14.2 Å². The number of hydrogen-bond donors (Lipinski definition) is 0. The Morgan fingerprint density at radius 1 is 0.963 bits per heavy atom. The molecule has 1 heterocycles. The molecule has 6 nitrogen and oxygen atoms in total. The molecule has 0 aliphatic heterocycles. The van der Waals surface area contributed by atoms with E-state index in [1.54, 1.807) is 26.5 Å². The van der Waals surface area contributed by atoms with Crippen LogP contribution in [-0.4, -0.2) is 37.8 Å². The van der Waals surface area contributed by atoms with Crippen LogP contribution in [0.3, 0.4) is 0 Å². The number of carbonyl (C=O) groups is 2. The number of nitrogens with zero attached hydrogens (tertiary/aromatic N) is 1. The fraction of sp³-hybridized carbons (Fsp3) is 0.238. The van der Waals surface area contributed by atoms with Gasteiger partial charge in [-0.05, 0) is 30.2 Å². The molecule has 0 amide bonds. The van der Waals surface area contributed by atoms with Crippen molar-refractivity contribution in [2.24, 2.45) is 0 Å². The number of methoxy groups -OCH3 is 3. The van der Waals surface area contributed by atoms with Crippen molar-refractivity contribution in [1.82, 2.24) is 4.57 Å². The first-order chi connectivity index (χ1) is 13.1. The maximum atomic E-state index is 12.8. The van der Waals surface area contributed by atoms with E-state index in [1.165, 1.54) is 11.7 Å². The summed E-state index contributed by atoms with van der Waals surface area (Å²) in [5.41, 5.74) is 2.04. The molecule has 0 bridgehead atoms. The summed E-state index contributed by atoms with van der Waals surface area (Å²) in [5, 5.41) is 0.698. The summed E-state index contributed by atoms with van der Waals surface area (Å²) in [4.78, 5) is 24.8. The molecule has 0 radical (unpaired) electrons. The number of benzene rings is 2. The second kappa shape index (κ2) is 7.95. The molecule has 3 rings (SSSR count). The minimum absolute atomic E-state index is 0.101. The molecule has 2 aromatic carbocycles. The molecule has 0 N–H and O–H groups in total. The van der Waals surface area contributed by atoms with Crippen LogP contribution in [-0.2, 0) is 11.2 Å². The van der Waals surface area contributed by atoms with Gasteiger partial charge in [-0.2, -0.15) is 0 Å². The lowest BCUT2D eigenvalue weighted by Gasteiger charge is -2.09. The molecule has 0 saturated heterocycles. The van der Waals surface area contributed by atoms with E-state index in [0.717, 1.165) is 5.56 Å². The molecule has 6 heteroatoms. The van der Waals surface area contributed by atoms with Crippen LogP contribution in [0, 0.1) is 0 Å². The molecule has 0 fully saturated rings. The first-order valence-electron chi connectivity index (χ1n) is 8.51. The second-order valence-electron chi connectivity index (χ2n) is 6.00. The lowest BCUT2D eigenvalue weighted by Crippen LogP contribution is -2.10. The Labute approximate surface area is 157 Å². The van der Waals surface area contributed by atoms with Gasteiger partial charge in [0, 0.05) is 18.0 Å². The zero-order chi connectivity index (χ0) is 19.4. The van der Waals surface area contributed by atoms with Crippen LogP contribution >= 0.6 is 0 Å². The number of hydrogen-bond acceptors (Lipinski definition) is 5. The molecular formula is C21H21NO5. The van der Waals surface area contributed by atoms with E-state index in [0.29, 0.717) is 34.4 Å². The number of aromatic nitrogens is 1. The van der Waals surface area contributed by atoms with Gasteiger partial charge < -0.3 is 14.2 Å². The maximum absolute atomic E-state index is 12.8. The van der Waals surface area contributed by atoms with Gasteiger partial charge in [0.1, 0.15) is 0 Å². The minimum Gasteiger partial charge on any atom is -0.493 e. The third-order valence-corrected chi connectivity index (χ3v) is 4.46. The topological polar surface area (TPSA) is 66.8 Å². The van der Waals surface area contributed by atoms with Gasteiger partial charge in [0.25, 0.3) is 0 Å². The Hall–Kier alpha value is -3.28. The Kier molecular flexibility index (Phi) is 5.45. The Bertz CT molecular complexity index is 989. The molecule has 0 saturated carbocycles. The monoisotopic (exact) mass is 367 g/mol. The predicted molar refractivity (Wildman–Crippen MR) is 102 cm³/mol. The van der Waals surface area contributed by atoms with Crippen molar-refractivity contribution in [2.75, 3.05) is 21.3 Å². The number of fused-ring (bicyclic) bond motifs is 1. The summed E-state index contributed by atoms with van der Waals surface area (Å²) in [6.07, 6.45) is 2.38. The number of ether oxygens (including phenoxy) is 3. The Balaban J connectivity index is 1.84. The Morgan fingerprint density at radius 2 is 1.70 bits per heavy atom. The highest BCUT2D eigenvalue weighted by atomic mass is 16.5. The number of para-hydroxylation sites is 1. The lowest BCUT2D eigenvalue weighted by atomic mass is 10.1. The first-order valence-corrected chi connectivity index (χ1v) is 8.51. The van der Waals surface area contributed by atoms with E-state index in [2.05, 4.69) is 0 Å². The van der Waals surface area contributed by atoms with Crippen molar-refractivity contribution in [3.63, 3.8) is 0 Å². The lowest BCUT2D eigenvalue weighted by molar-refractivity contribution is 0.0603. The fourth-order valence-electron chi connectivity index (χ4n) is 3.07. The normalized spacial score (nSPS) is 10.6. The third-order valence-electron chi connectivity index (χ3n) is 4.46. The molecule has 27 heavy (non-hydrogen) atoms. The van der Waals surface area contributed by atoms with Crippen molar-refractivity contribution in [3.8, 4) is 11.5 Å². The van der Waals surface area contributed by atoms with Crippen LogP contribution in [0.5, 0.6) is 11.5 Å². The van der Waals surface area contributed by atoms with Crippen molar-refractivity contribution in [1.29, 1.82) is 0 Å². The molecule has 1 aromatic heterocycles. The van der Waals surface area contributed by atoms with Crippen LogP contribution in [0.1, 0.15) is 27.1 Å². The second-order valence-corrected chi connectivity index (χ2v) is 6.00. The summed E-state index contributed by atoms with van der Waals surface area (Å²) in [6.45, 7) is 0. The number of aryl methyl sites for hydroxylation is 1. The summed E-state index contributed by atoms with van der Waals surface area (Å²) in [6, 6.07) is 12.9. The molecule has 0 atom stereocenters. The highest BCUT2D eigenvalue weighted by molar-refractivity contribution is 6.07. The number of carbonyl (C=O) groups excluding carboxylic acids is 2. The molecular weight excluding hydrogens is 346 g/mol. The van der Waals surface area contributed by atoms with Gasteiger partial charge in [0.05, 0.1) is 32.4 Å². The van der Waals surface area contributed by atoms with E-state index in [-0.39, 0.29) is 12.3 Å². The van der Waals surface area contributed by atoms with Gasteiger partial charge in [-0.3, -0.25) is 9.36 Å². The van der Waals surface area contributed by atoms with E-state index >= 15 is 0 Å². The van der Waals surface area contributed by atoms with Crippen molar-refractivity contribution < 1.29 is 23.8 Å². The molecule has 0 aliphatic rings. The fourth-order valence-corrected chi connectivity index (χ4v) is 3.07. The van der Waals surface area contributed by atoms with Crippen LogP contribution in [0.2, 0.25) is 0 Å². The van der Waals surface area contributed by atoms with Gasteiger partial charge in [0.2, 0.25) is 5.91 Å². The summed E-state index contributed by atoms with van der Waals surface area (Å²) in [5.74, 6) is 0.710. The van der Waals surface area contributed by atoms with Crippen molar-refractivity contribution in [2.45, 2.75) is 12.8 Å².